The van der Waals surface area contributed by atoms with Crippen LogP contribution in [0.25, 0.3) is 0 Å². The van der Waals surface area contributed by atoms with Crippen molar-refractivity contribution in [3.8, 4) is 0 Å². The Morgan fingerprint density at radius 2 is 1.71 bits per heavy atom. The molecule has 170 valence electrons. The lowest BCUT2D eigenvalue weighted by Crippen LogP contribution is -2.42. The summed E-state index contributed by atoms with van der Waals surface area (Å²) in [5, 5.41) is 17.2. The number of hydrogen-bond donors (Lipinski definition) is 3. The lowest BCUT2D eigenvalue weighted by atomic mass is 9.89. The van der Waals surface area contributed by atoms with Gasteiger partial charge in [-0.15, -0.1) is 24.0 Å². The van der Waals surface area contributed by atoms with Crippen molar-refractivity contribution in [1.82, 2.24) is 10.6 Å². The van der Waals surface area contributed by atoms with E-state index in [1.165, 1.54) is 16.7 Å². The second kappa shape index (κ2) is 13.0. The maximum atomic E-state index is 10.5. The van der Waals surface area contributed by atoms with E-state index >= 15 is 0 Å². The number of guanidine groups is 1. The van der Waals surface area contributed by atoms with Crippen molar-refractivity contribution in [2.45, 2.75) is 45.8 Å². The zero-order chi connectivity index (χ0) is 21.3. The second-order valence-corrected chi connectivity index (χ2v) is 8.13. The minimum absolute atomic E-state index is 0. The first-order valence-electron chi connectivity index (χ1n) is 11.0. The van der Waals surface area contributed by atoms with Crippen LogP contribution in [0.1, 0.15) is 54.2 Å². The number of ether oxygens (including phenoxy) is 1. The molecule has 3 unspecified atom stereocenters. The number of rotatable bonds is 7. The predicted molar refractivity (Wildman–Crippen MR) is 138 cm³/mol. The smallest absolute Gasteiger partial charge is 0.191 e. The van der Waals surface area contributed by atoms with Crippen molar-refractivity contribution in [1.29, 1.82) is 0 Å². The topological polar surface area (TPSA) is 65.9 Å². The van der Waals surface area contributed by atoms with Gasteiger partial charge in [0.2, 0.25) is 0 Å². The molecule has 5 nitrogen and oxygen atoms in total. The van der Waals surface area contributed by atoms with Crippen molar-refractivity contribution in [2.24, 2.45) is 10.9 Å². The Morgan fingerprint density at radius 3 is 2.35 bits per heavy atom. The molecule has 1 saturated heterocycles. The summed E-state index contributed by atoms with van der Waals surface area (Å²) in [6.45, 7) is 8.88. The molecule has 1 heterocycles. The van der Waals surface area contributed by atoms with Gasteiger partial charge in [0, 0.05) is 25.6 Å². The van der Waals surface area contributed by atoms with Crippen LogP contribution < -0.4 is 10.6 Å². The maximum absolute atomic E-state index is 10.5. The SMILES string of the molecule is CCNC(=NCC(O)c1ccc(C)cc1)NCC1CCCOC1c1ccc(C)cc1.I. The van der Waals surface area contributed by atoms with Gasteiger partial charge in [-0.2, -0.15) is 0 Å². The van der Waals surface area contributed by atoms with Crippen LogP contribution in [0.2, 0.25) is 0 Å². The van der Waals surface area contributed by atoms with E-state index in [-0.39, 0.29) is 30.1 Å². The summed E-state index contributed by atoms with van der Waals surface area (Å²) in [6, 6.07) is 16.6. The molecule has 0 amide bonds. The van der Waals surface area contributed by atoms with Gasteiger partial charge in [-0.1, -0.05) is 59.7 Å². The fourth-order valence-electron chi connectivity index (χ4n) is 3.82. The van der Waals surface area contributed by atoms with Crippen molar-refractivity contribution in [3.05, 3.63) is 70.8 Å². The predicted octanol–water partition coefficient (Wildman–Crippen LogP) is 4.68. The molecular weight excluding hydrogens is 501 g/mol. The van der Waals surface area contributed by atoms with Crippen molar-refractivity contribution in [3.63, 3.8) is 0 Å². The molecule has 0 aromatic heterocycles. The number of aliphatic hydroxyl groups is 1. The molecule has 1 aliphatic rings. The third-order valence-electron chi connectivity index (χ3n) is 5.61. The molecule has 0 spiro atoms. The third kappa shape index (κ3) is 7.77. The van der Waals surface area contributed by atoms with Gasteiger partial charge in [-0.25, -0.2) is 0 Å². The van der Waals surface area contributed by atoms with E-state index in [2.05, 4.69) is 46.8 Å². The number of nitrogens with zero attached hydrogens (tertiary/aromatic N) is 1. The molecule has 3 rings (SSSR count). The van der Waals surface area contributed by atoms with E-state index < -0.39 is 6.10 Å². The van der Waals surface area contributed by atoms with Crippen LogP contribution in [0.3, 0.4) is 0 Å². The Hall–Kier alpha value is -1.64. The van der Waals surface area contributed by atoms with E-state index in [1.54, 1.807) is 0 Å². The van der Waals surface area contributed by atoms with Crippen LogP contribution in [0.4, 0.5) is 0 Å². The second-order valence-electron chi connectivity index (χ2n) is 8.13. The van der Waals surface area contributed by atoms with Gasteiger partial charge in [0.25, 0.3) is 0 Å². The summed E-state index contributed by atoms with van der Waals surface area (Å²) in [6.07, 6.45) is 1.69. The van der Waals surface area contributed by atoms with Crippen LogP contribution in [0, 0.1) is 19.8 Å². The van der Waals surface area contributed by atoms with Crippen LogP contribution in [0.5, 0.6) is 0 Å². The number of halogens is 1. The van der Waals surface area contributed by atoms with Gasteiger partial charge in [-0.05, 0) is 44.7 Å². The number of aliphatic imine (C=N–C) groups is 1. The first-order valence-corrected chi connectivity index (χ1v) is 11.0. The number of benzene rings is 2. The van der Waals surface area contributed by atoms with Crippen molar-refractivity contribution < 1.29 is 9.84 Å². The first-order chi connectivity index (χ1) is 14.6. The van der Waals surface area contributed by atoms with Crippen molar-refractivity contribution >= 4 is 29.9 Å². The van der Waals surface area contributed by atoms with Gasteiger partial charge in [0.05, 0.1) is 18.8 Å². The van der Waals surface area contributed by atoms with E-state index in [1.807, 2.05) is 38.1 Å². The van der Waals surface area contributed by atoms with Crippen LogP contribution in [-0.2, 0) is 4.74 Å². The monoisotopic (exact) mass is 537 g/mol. The number of aryl methyl sites for hydroxylation is 2. The zero-order valence-corrected chi connectivity index (χ0v) is 21.1. The highest BCUT2D eigenvalue weighted by molar-refractivity contribution is 14.0. The standard InChI is InChI=1S/C25H35N3O2.HI/c1-4-26-25(28-17-23(29)20-11-7-18(2)8-12-20)27-16-22-6-5-15-30-24(22)21-13-9-19(3)10-14-21;/h7-14,22-24,29H,4-6,15-17H2,1-3H3,(H2,26,27,28);1H. The molecule has 31 heavy (non-hydrogen) atoms. The average molecular weight is 537 g/mol. The highest BCUT2D eigenvalue weighted by Gasteiger charge is 2.27. The molecule has 0 bridgehead atoms. The summed E-state index contributed by atoms with van der Waals surface area (Å²) in [5.74, 6) is 1.12. The van der Waals surface area contributed by atoms with E-state index in [4.69, 9.17) is 4.74 Å². The van der Waals surface area contributed by atoms with E-state index in [0.717, 1.165) is 44.1 Å². The lowest BCUT2D eigenvalue weighted by Gasteiger charge is -2.32. The van der Waals surface area contributed by atoms with Gasteiger partial charge < -0.3 is 20.5 Å². The quantitative estimate of drug-likeness (QED) is 0.273. The fraction of sp³-hybridized carbons (Fsp3) is 0.480. The largest absolute Gasteiger partial charge is 0.386 e. The van der Waals surface area contributed by atoms with Gasteiger partial charge in [0.1, 0.15) is 0 Å². The Kier molecular flexibility index (Phi) is 10.8. The lowest BCUT2D eigenvalue weighted by molar-refractivity contribution is -0.0265. The minimum Gasteiger partial charge on any atom is -0.386 e. The highest BCUT2D eigenvalue weighted by Crippen LogP contribution is 2.33. The molecule has 0 saturated carbocycles. The van der Waals surface area contributed by atoms with Crippen LogP contribution in [0.15, 0.2) is 53.5 Å². The summed E-state index contributed by atoms with van der Waals surface area (Å²) in [7, 11) is 0. The summed E-state index contributed by atoms with van der Waals surface area (Å²) >= 11 is 0. The Morgan fingerprint density at radius 1 is 1.06 bits per heavy atom. The molecule has 0 radical (unpaired) electrons. The Balaban J connectivity index is 0.00000341. The maximum Gasteiger partial charge on any atom is 0.191 e. The Labute approximate surface area is 203 Å². The third-order valence-corrected chi connectivity index (χ3v) is 5.61. The fourth-order valence-corrected chi connectivity index (χ4v) is 3.82. The van der Waals surface area contributed by atoms with E-state index in [9.17, 15) is 5.11 Å². The minimum atomic E-state index is -0.612. The normalized spacial score (nSPS) is 19.9. The molecule has 0 aliphatic carbocycles. The van der Waals surface area contributed by atoms with Crippen molar-refractivity contribution in [2.75, 3.05) is 26.2 Å². The van der Waals surface area contributed by atoms with Crippen LogP contribution >= 0.6 is 24.0 Å². The molecular formula is C25H36IN3O2. The zero-order valence-electron chi connectivity index (χ0n) is 18.8. The number of nitrogens with one attached hydrogen (secondary N) is 2. The molecule has 3 N–H and O–H groups in total. The van der Waals surface area contributed by atoms with Gasteiger partial charge >= 0.3 is 0 Å². The summed E-state index contributed by atoms with van der Waals surface area (Å²) in [5.41, 5.74) is 4.57. The summed E-state index contributed by atoms with van der Waals surface area (Å²) < 4.78 is 6.13. The van der Waals surface area contributed by atoms with Gasteiger partial charge in [0.15, 0.2) is 5.96 Å². The first kappa shape index (κ1) is 25.6. The van der Waals surface area contributed by atoms with Gasteiger partial charge in [-0.3, -0.25) is 4.99 Å². The van der Waals surface area contributed by atoms with Crippen LogP contribution in [-0.4, -0.2) is 37.3 Å². The van der Waals surface area contributed by atoms with E-state index in [0.29, 0.717) is 12.5 Å². The molecule has 1 aliphatic heterocycles. The Bertz CT molecular complexity index is 809. The average Bonchev–Trinajstić information content (AvgIpc) is 2.77. The molecule has 1 fully saturated rings. The molecule has 2 aromatic rings. The number of aliphatic hydroxyl groups excluding tert-OH is 1. The number of hydrogen-bond acceptors (Lipinski definition) is 3. The molecule has 6 heteroatoms. The summed E-state index contributed by atoms with van der Waals surface area (Å²) in [4.78, 5) is 4.61. The molecule has 2 aromatic carbocycles. The highest BCUT2D eigenvalue weighted by atomic mass is 127. The molecule has 3 atom stereocenters.